The van der Waals surface area contributed by atoms with Gasteiger partial charge in [-0.3, -0.25) is 0 Å². The molecule has 2 unspecified atom stereocenters. The van der Waals surface area contributed by atoms with Gasteiger partial charge in [0.2, 0.25) is 0 Å². The predicted octanol–water partition coefficient (Wildman–Crippen LogP) is 0.586. The minimum absolute atomic E-state index is 0.532. The monoisotopic (exact) mass is 330 g/mol. The number of carboxylic acid groups (broad SMARTS) is 1. The fourth-order valence-electron chi connectivity index (χ4n) is 2.27. The molecule has 0 aromatic rings. The molecule has 0 aromatic carbocycles. The quantitative estimate of drug-likeness (QED) is 0.505. The maximum Gasteiger partial charge on any atom is 0.335 e. The standard InChI is InChI=1S/C16H26O7/c1-5-16(4,8-6-7-9(2)3)23-15-12(19)10(17)11(18)13(22-15)14(20)21/h5,7,10-13,15,17-19H,1,6,8H2,2-4H3,(H,20,21)/t10-,11-,12+,13-,15?,16?/m0/s1. The average molecular weight is 330 g/mol. The lowest BCUT2D eigenvalue weighted by molar-refractivity contribution is -0.312. The van der Waals surface area contributed by atoms with Gasteiger partial charge in [-0.15, -0.1) is 6.58 Å². The number of carbonyl (C=O) groups is 1. The second-order valence-electron chi connectivity index (χ2n) is 6.19. The van der Waals surface area contributed by atoms with Gasteiger partial charge in [-0.2, -0.15) is 0 Å². The molecule has 1 aliphatic heterocycles. The predicted molar refractivity (Wildman–Crippen MR) is 82.7 cm³/mol. The first-order valence-corrected chi connectivity index (χ1v) is 7.48. The van der Waals surface area contributed by atoms with Crippen molar-refractivity contribution in [2.24, 2.45) is 0 Å². The van der Waals surface area contributed by atoms with Crippen LogP contribution in [0.3, 0.4) is 0 Å². The Labute approximate surface area is 135 Å². The average Bonchev–Trinajstić information content (AvgIpc) is 2.47. The van der Waals surface area contributed by atoms with Crippen molar-refractivity contribution < 1.29 is 34.7 Å². The Bertz CT molecular complexity index is 457. The molecule has 7 nitrogen and oxygen atoms in total. The van der Waals surface area contributed by atoms with Crippen LogP contribution in [-0.4, -0.2) is 62.7 Å². The fraction of sp³-hybridized carbons (Fsp3) is 0.688. The van der Waals surface area contributed by atoms with E-state index in [0.717, 1.165) is 5.57 Å². The van der Waals surface area contributed by atoms with Crippen LogP contribution in [0.25, 0.3) is 0 Å². The van der Waals surface area contributed by atoms with Gasteiger partial charge in [0.15, 0.2) is 12.4 Å². The van der Waals surface area contributed by atoms with E-state index in [1.165, 1.54) is 6.08 Å². The molecule has 0 bridgehead atoms. The number of aliphatic carboxylic acids is 1. The molecule has 6 atom stereocenters. The van der Waals surface area contributed by atoms with Crippen LogP contribution in [0.2, 0.25) is 0 Å². The molecule has 0 saturated carbocycles. The number of hydrogen-bond donors (Lipinski definition) is 4. The fourth-order valence-corrected chi connectivity index (χ4v) is 2.27. The number of rotatable bonds is 7. The molecule has 1 saturated heterocycles. The Morgan fingerprint density at radius 3 is 2.35 bits per heavy atom. The summed E-state index contributed by atoms with van der Waals surface area (Å²) in [7, 11) is 0. The first-order chi connectivity index (χ1) is 10.6. The Hall–Kier alpha value is -1.25. The Balaban J connectivity index is 2.84. The highest BCUT2D eigenvalue weighted by molar-refractivity contribution is 5.73. The lowest BCUT2D eigenvalue weighted by Crippen LogP contribution is -2.61. The Morgan fingerprint density at radius 1 is 1.26 bits per heavy atom. The SMILES string of the molecule is C=CC(C)(CCC=C(C)C)OC1O[C@H](C(=O)O)[C@@H](O)[C@H](O)[C@H]1O. The van der Waals surface area contributed by atoms with Gasteiger partial charge >= 0.3 is 5.97 Å². The molecule has 0 aromatic heterocycles. The molecule has 7 heteroatoms. The maximum absolute atomic E-state index is 11.1. The zero-order valence-electron chi connectivity index (χ0n) is 13.7. The van der Waals surface area contributed by atoms with Gasteiger partial charge < -0.3 is 29.9 Å². The minimum atomic E-state index is -1.73. The van der Waals surface area contributed by atoms with Crippen molar-refractivity contribution >= 4 is 5.97 Å². The number of hydrogen-bond acceptors (Lipinski definition) is 6. The van der Waals surface area contributed by atoms with Gasteiger partial charge in [-0.25, -0.2) is 4.79 Å². The lowest BCUT2D eigenvalue weighted by atomic mass is 9.96. The van der Waals surface area contributed by atoms with E-state index in [4.69, 9.17) is 14.6 Å². The summed E-state index contributed by atoms with van der Waals surface area (Å²) in [5, 5.41) is 38.5. The molecule has 1 aliphatic rings. The lowest BCUT2D eigenvalue weighted by Gasteiger charge is -2.41. The number of aliphatic hydroxyl groups is 3. The summed E-state index contributed by atoms with van der Waals surface area (Å²) in [6, 6.07) is 0. The molecular formula is C16H26O7. The highest BCUT2D eigenvalue weighted by atomic mass is 16.7. The van der Waals surface area contributed by atoms with Crippen molar-refractivity contribution in [1.29, 1.82) is 0 Å². The summed E-state index contributed by atoms with van der Waals surface area (Å²) >= 11 is 0. The summed E-state index contributed by atoms with van der Waals surface area (Å²) in [5.41, 5.74) is 0.262. The van der Waals surface area contributed by atoms with Gasteiger partial charge in [-0.1, -0.05) is 17.7 Å². The van der Waals surface area contributed by atoms with Crippen LogP contribution in [0, 0.1) is 0 Å². The second kappa shape index (κ2) is 8.03. The molecule has 1 heterocycles. The summed E-state index contributed by atoms with van der Waals surface area (Å²) < 4.78 is 10.8. The van der Waals surface area contributed by atoms with Crippen LogP contribution in [-0.2, 0) is 14.3 Å². The minimum Gasteiger partial charge on any atom is -0.479 e. The van der Waals surface area contributed by atoms with Gasteiger partial charge in [0, 0.05) is 0 Å². The van der Waals surface area contributed by atoms with E-state index >= 15 is 0 Å². The van der Waals surface area contributed by atoms with Gasteiger partial charge in [0.25, 0.3) is 0 Å². The van der Waals surface area contributed by atoms with Gasteiger partial charge in [-0.05, 0) is 33.6 Å². The second-order valence-corrected chi connectivity index (χ2v) is 6.19. The summed E-state index contributed by atoms with van der Waals surface area (Å²) in [6.45, 7) is 9.36. The van der Waals surface area contributed by atoms with E-state index in [1.807, 2.05) is 19.9 Å². The molecule has 132 valence electrons. The summed E-state index contributed by atoms with van der Waals surface area (Å²) in [4.78, 5) is 11.1. The topological polar surface area (TPSA) is 116 Å². The number of aliphatic hydroxyl groups excluding tert-OH is 3. The van der Waals surface area contributed by atoms with Crippen LogP contribution in [0.4, 0.5) is 0 Å². The Morgan fingerprint density at radius 2 is 1.87 bits per heavy atom. The van der Waals surface area contributed by atoms with Crippen molar-refractivity contribution in [1.82, 2.24) is 0 Å². The van der Waals surface area contributed by atoms with E-state index in [2.05, 4.69) is 6.58 Å². The third kappa shape index (κ3) is 5.12. The third-order valence-electron chi connectivity index (χ3n) is 3.82. The molecule has 4 N–H and O–H groups in total. The van der Waals surface area contributed by atoms with Gasteiger partial charge in [0.05, 0.1) is 5.60 Å². The molecule has 23 heavy (non-hydrogen) atoms. The van der Waals surface area contributed by atoms with Crippen molar-refractivity contribution in [2.75, 3.05) is 0 Å². The molecule has 0 aliphatic carbocycles. The molecule has 0 radical (unpaired) electrons. The number of ether oxygens (including phenoxy) is 2. The molecule has 0 spiro atoms. The summed E-state index contributed by atoms with van der Waals surface area (Å²) in [5.74, 6) is -1.44. The number of carboxylic acids is 1. The van der Waals surface area contributed by atoms with Crippen LogP contribution in [0.5, 0.6) is 0 Å². The molecule has 0 amide bonds. The Kier molecular flexibility index (Phi) is 6.91. The highest BCUT2D eigenvalue weighted by Crippen LogP contribution is 2.29. The van der Waals surface area contributed by atoms with Crippen molar-refractivity contribution in [3.05, 3.63) is 24.3 Å². The normalized spacial score (nSPS) is 33.6. The largest absolute Gasteiger partial charge is 0.479 e. The molecule has 1 rings (SSSR count). The maximum atomic E-state index is 11.1. The van der Waals surface area contributed by atoms with Gasteiger partial charge in [0.1, 0.15) is 18.3 Å². The van der Waals surface area contributed by atoms with E-state index < -0.39 is 42.3 Å². The third-order valence-corrected chi connectivity index (χ3v) is 3.82. The van der Waals surface area contributed by atoms with Crippen LogP contribution in [0.15, 0.2) is 24.3 Å². The van der Waals surface area contributed by atoms with E-state index in [9.17, 15) is 20.1 Å². The molecular weight excluding hydrogens is 304 g/mol. The zero-order valence-corrected chi connectivity index (χ0v) is 13.7. The smallest absolute Gasteiger partial charge is 0.335 e. The van der Waals surface area contributed by atoms with E-state index in [-0.39, 0.29) is 0 Å². The van der Waals surface area contributed by atoms with E-state index in [0.29, 0.717) is 12.8 Å². The first-order valence-electron chi connectivity index (χ1n) is 7.48. The van der Waals surface area contributed by atoms with Crippen molar-refractivity contribution in [3.63, 3.8) is 0 Å². The van der Waals surface area contributed by atoms with Crippen LogP contribution in [0.1, 0.15) is 33.6 Å². The first kappa shape index (κ1) is 19.8. The van der Waals surface area contributed by atoms with Crippen LogP contribution < -0.4 is 0 Å². The molecule has 1 fully saturated rings. The van der Waals surface area contributed by atoms with Crippen LogP contribution >= 0.6 is 0 Å². The summed E-state index contributed by atoms with van der Waals surface area (Å²) in [6.07, 6.45) is -3.26. The zero-order chi connectivity index (χ0) is 17.8. The van der Waals surface area contributed by atoms with Crippen molar-refractivity contribution in [2.45, 2.75) is 69.9 Å². The van der Waals surface area contributed by atoms with E-state index in [1.54, 1.807) is 6.92 Å². The van der Waals surface area contributed by atoms with Crippen molar-refractivity contribution in [3.8, 4) is 0 Å². The number of allylic oxidation sites excluding steroid dienone is 2. The highest BCUT2D eigenvalue weighted by Gasteiger charge is 2.48.